The molecule has 0 spiro atoms. The van der Waals surface area contributed by atoms with Gasteiger partial charge < -0.3 is 35.8 Å². The Morgan fingerprint density at radius 3 is 0.963 bits per heavy atom. The maximum Gasteiger partial charge on any atom is 1.00 e. The van der Waals surface area contributed by atoms with Crippen LogP contribution in [0.4, 0.5) is 0 Å². The van der Waals surface area contributed by atoms with E-state index in [2.05, 4.69) is 0 Å². The van der Waals surface area contributed by atoms with Gasteiger partial charge >= 0.3 is 53.4 Å². The van der Waals surface area contributed by atoms with E-state index in [4.69, 9.17) is 34.3 Å². The molecule has 27 heavy (non-hydrogen) atoms. The summed E-state index contributed by atoms with van der Waals surface area (Å²) in [7, 11) is 0. The van der Waals surface area contributed by atoms with Crippen LogP contribution in [0.2, 0.25) is 0 Å². The molecule has 0 atom stereocenters. The number of carbonyl (C=O) groups excluding carboxylic acids is 1. The van der Waals surface area contributed by atoms with Gasteiger partial charge in [-0.3, -0.25) is 29.0 Å². The zero-order chi connectivity index (χ0) is 20.4. The van der Waals surface area contributed by atoms with E-state index in [-0.39, 0.29) is 73.5 Å². The Hall–Kier alpha value is -0.741. The van der Waals surface area contributed by atoms with Crippen LogP contribution < -0.4 is 29.6 Å². The summed E-state index contributed by atoms with van der Waals surface area (Å²) in [6, 6.07) is 0. The van der Waals surface area contributed by atoms with Gasteiger partial charge in [0.05, 0.1) is 26.2 Å². The average molecular weight is 468 g/mol. The Kier molecular flexibility index (Phi) is 34.7. The molecule has 0 aromatic heterocycles. The molecule has 0 unspecified atom stereocenters. The van der Waals surface area contributed by atoms with Gasteiger partial charge in [-0.2, -0.15) is 0 Å². The third-order valence-corrected chi connectivity index (χ3v) is 2.17. The minimum Gasteiger partial charge on any atom is -1.00 e. The first-order valence-electron chi connectivity index (χ1n) is 6.18. The van der Waals surface area contributed by atoms with Crippen LogP contribution in [0, 0.1) is 0 Å². The Bertz CT molecular complexity index is 371. The van der Waals surface area contributed by atoms with Gasteiger partial charge in [-0.15, -0.1) is 0 Å². The standard InChI is InChI=1S/C10H16N2O8.CH2O.Fe.Na.H2O2S.H/c13-7(14)3-11(4-8(15)16)1-2-12(5-9(17)18)6-10(19)20;1-2;;;1-3-2;/h1-6H2,(H,13,14)(H,15,16)(H,17,18)(H,19,20);1H2;;;1-2H;/q;;;+1;;-1. The molecule has 0 heterocycles. The van der Waals surface area contributed by atoms with E-state index in [9.17, 15) is 19.2 Å². The van der Waals surface area contributed by atoms with Crippen molar-refractivity contribution in [3.05, 3.63) is 0 Å². The normalized spacial score (nSPS) is 8.74. The van der Waals surface area contributed by atoms with E-state index in [0.29, 0.717) is 0 Å². The van der Waals surface area contributed by atoms with E-state index in [1.165, 1.54) is 0 Å². The van der Waals surface area contributed by atoms with Gasteiger partial charge in [-0.05, 0) is 0 Å². The summed E-state index contributed by atoms with van der Waals surface area (Å²) in [6.45, 7) is -0.251. The van der Waals surface area contributed by atoms with Crippen molar-refractivity contribution in [2.45, 2.75) is 0 Å². The van der Waals surface area contributed by atoms with E-state index in [1.807, 2.05) is 6.79 Å². The molecular weight excluding hydrogens is 447 g/mol. The first-order chi connectivity index (χ1) is 11.6. The molecule has 0 aliphatic heterocycles. The molecule has 0 aliphatic rings. The second kappa shape index (κ2) is 25.3. The molecule has 0 radical (unpaired) electrons. The molecule has 0 aliphatic carbocycles. The summed E-state index contributed by atoms with van der Waals surface area (Å²) in [5.41, 5.74) is 0. The minimum atomic E-state index is -1.23. The van der Waals surface area contributed by atoms with Crippen molar-refractivity contribution in [1.82, 2.24) is 9.80 Å². The zero-order valence-corrected chi connectivity index (χ0v) is 18.3. The van der Waals surface area contributed by atoms with Crippen molar-refractivity contribution in [1.29, 1.82) is 0 Å². The van der Waals surface area contributed by atoms with Gasteiger partial charge in [0.1, 0.15) is 6.79 Å². The Balaban J connectivity index is -0.000000137. The number of nitrogens with zero attached hydrogens (tertiary/aromatic N) is 2. The third-order valence-electron chi connectivity index (χ3n) is 2.17. The predicted molar refractivity (Wildman–Crippen MR) is 84.5 cm³/mol. The summed E-state index contributed by atoms with van der Waals surface area (Å²) >= 11 is -0.250. The molecule has 156 valence electrons. The van der Waals surface area contributed by atoms with Gasteiger partial charge in [0.15, 0.2) is 12.3 Å². The molecule has 6 N–H and O–H groups in total. The summed E-state index contributed by atoms with van der Waals surface area (Å²) in [5, 5.41) is 34.5. The first-order valence-corrected chi connectivity index (χ1v) is 6.91. The second-order valence-corrected chi connectivity index (χ2v) is 4.24. The number of carboxylic acid groups (broad SMARTS) is 4. The van der Waals surface area contributed by atoms with Crippen LogP contribution in [0.25, 0.3) is 0 Å². The average Bonchev–Trinajstić information content (AvgIpc) is 2.45. The van der Waals surface area contributed by atoms with E-state index < -0.39 is 50.1 Å². The molecule has 0 fully saturated rings. The molecule has 16 heteroatoms. The summed E-state index contributed by atoms with van der Waals surface area (Å²) in [5.74, 6) is -4.91. The molecule has 0 rings (SSSR count). The van der Waals surface area contributed by atoms with Crippen molar-refractivity contribution >= 4 is 43.0 Å². The fourth-order valence-corrected chi connectivity index (χ4v) is 1.48. The number of aliphatic carboxylic acids is 4. The molecule has 0 aromatic carbocycles. The first kappa shape index (κ1) is 37.1. The van der Waals surface area contributed by atoms with Crippen LogP contribution in [0.3, 0.4) is 0 Å². The maximum atomic E-state index is 10.6. The quantitative estimate of drug-likeness (QED) is 0.125. The molecule has 0 bridgehead atoms. The van der Waals surface area contributed by atoms with Crippen LogP contribution in [-0.4, -0.2) is 109 Å². The molecular formula is C11H21FeN2NaO11S. The van der Waals surface area contributed by atoms with Crippen molar-refractivity contribution < 1.29 is 102 Å². The summed E-state index contributed by atoms with van der Waals surface area (Å²) in [4.78, 5) is 52.4. The number of rotatable bonds is 11. The van der Waals surface area contributed by atoms with Crippen LogP contribution in [0.1, 0.15) is 1.43 Å². The Labute approximate surface area is 193 Å². The molecule has 0 aromatic rings. The van der Waals surface area contributed by atoms with E-state index in [0.717, 1.165) is 9.80 Å². The molecule has 13 nitrogen and oxygen atoms in total. The molecule has 0 amide bonds. The molecule has 0 saturated carbocycles. The van der Waals surface area contributed by atoms with E-state index >= 15 is 0 Å². The monoisotopic (exact) mass is 468 g/mol. The van der Waals surface area contributed by atoms with Gasteiger partial charge in [0.25, 0.3) is 0 Å². The van der Waals surface area contributed by atoms with Gasteiger partial charge in [0.2, 0.25) is 0 Å². The Morgan fingerprint density at radius 2 is 0.852 bits per heavy atom. The largest absolute Gasteiger partial charge is 1.00 e. The third kappa shape index (κ3) is 33.3. The number of carboxylic acids is 4. The van der Waals surface area contributed by atoms with Crippen molar-refractivity contribution in [2.75, 3.05) is 39.3 Å². The topological polar surface area (TPSA) is 213 Å². The van der Waals surface area contributed by atoms with Crippen LogP contribution in [-0.2, 0) is 41.0 Å². The van der Waals surface area contributed by atoms with Gasteiger partial charge in [-0.25, -0.2) is 0 Å². The SMILES string of the molecule is C=O.O=C(O)CN(CCN(CC(=O)O)CC(=O)O)CC(=O)O.OSO.[Fe].[H-].[Na+]. The summed E-state index contributed by atoms with van der Waals surface area (Å²) < 4.78 is 14.1. The van der Waals surface area contributed by atoms with Crippen LogP contribution in [0.5, 0.6) is 0 Å². The zero-order valence-electron chi connectivity index (χ0n) is 15.3. The molecule has 0 saturated heterocycles. The number of hydrogen-bond acceptors (Lipinski definition) is 10. The number of hydrogen-bond donors (Lipinski definition) is 6. The fraction of sp³-hybridized carbons (Fsp3) is 0.545. The smallest absolute Gasteiger partial charge is 1.00 e. The van der Waals surface area contributed by atoms with Gasteiger partial charge in [0, 0.05) is 30.2 Å². The van der Waals surface area contributed by atoms with Crippen molar-refractivity contribution in [3.8, 4) is 0 Å². The Morgan fingerprint density at radius 1 is 0.704 bits per heavy atom. The minimum absolute atomic E-state index is 0. The predicted octanol–water partition coefficient (Wildman–Crippen LogP) is -4.48. The summed E-state index contributed by atoms with van der Waals surface area (Å²) in [6.07, 6.45) is 0. The number of carbonyl (C=O) groups is 5. The van der Waals surface area contributed by atoms with Crippen molar-refractivity contribution in [3.63, 3.8) is 0 Å². The fourth-order valence-electron chi connectivity index (χ4n) is 1.48. The van der Waals surface area contributed by atoms with Crippen LogP contribution >= 0.6 is 12.3 Å². The maximum absolute atomic E-state index is 10.6. The van der Waals surface area contributed by atoms with Crippen LogP contribution in [0.15, 0.2) is 0 Å². The van der Waals surface area contributed by atoms with Crippen molar-refractivity contribution in [2.24, 2.45) is 0 Å². The van der Waals surface area contributed by atoms with E-state index in [1.54, 1.807) is 0 Å². The van der Waals surface area contributed by atoms with Gasteiger partial charge in [-0.1, -0.05) is 0 Å². The second-order valence-electron chi connectivity index (χ2n) is 4.08.